The van der Waals surface area contributed by atoms with E-state index in [1.54, 1.807) is 37.2 Å². The summed E-state index contributed by atoms with van der Waals surface area (Å²) >= 11 is 0. The molecule has 0 radical (unpaired) electrons. The van der Waals surface area contributed by atoms with Gasteiger partial charge in [0.15, 0.2) is 0 Å². The molecule has 3 aromatic rings. The van der Waals surface area contributed by atoms with Gasteiger partial charge in [-0.3, -0.25) is 14.3 Å². The molecule has 0 spiro atoms. The number of carbonyl (C=O) groups excluding carboxylic acids is 1. The number of nitrogens with zero attached hydrogens (tertiary/aromatic N) is 4. The number of H-pyrrole nitrogens is 1. The molecule has 8 nitrogen and oxygen atoms in total. The van der Waals surface area contributed by atoms with Gasteiger partial charge in [-0.05, 0) is 31.0 Å². The lowest BCUT2D eigenvalue weighted by Crippen LogP contribution is -2.48. The molecule has 31 heavy (non-hydrogen) atoms. The van der Waals surface area contributed by atoms with Crippen molar-refractivity contribution in [2.75, 3.05) is 11.9 Å². The number of hydrogen-bond acceptors (Lipinski definition) is 5. The SMILES string of the molecule is Cn1c(=O)[nH]c2cc(C(=O)NCc3cnc(N(C)[C@H]4C[C@@H](C(F)(F)F)C4)cn3)ccc21. The van der Waals surface area contributed by atoms with Crippen LogP contribution in [0.25, 0.3) is 11.0 Å². The van der Waals surface area contributed by atoms with Crippen LogP contribution in [0.1, 0.15) is 28.9 Å². The number of fused-ring (bicyclic) bond motifs is 1. The maximum Gasteiger partial charge on any atom is 0.391 e. The number of carbonyl (C=O) groups is 1. The molecule has 0 saturated heterocycles. The van der Waals surface area contributed by atoms with E-state index in [1.165, 1.54) is 17.0 Å². The third-order valence-electron chi connectivity index (χ3n) is 5.77. The molecule has 1 saturated carbocycles. The fourth-order valence-electron chi connectivity index (χ4n) is 3.63. The molecule has 2 aromatic heterocycles. The van der Waals surface area contributed by atoms with Crippen LogP contribution < -0.4 is 15.9 Å². The van der Waals surface area contributed by atoms with Gasteiger partial charge >= 0.3 is 11.9 Å². The van der Waals surface area contributed by atoms with E-state index in [0.717, 1.165) is 0 Å². The molecule has 164 valence electrons. The fraction of sp³-hybridized carbons (Fsp3) is 0.400. The van der Waals surface area contributed by atoms with Crippen LogP contribution >= 0.6 is 0 Å². The molecule has 0 atom stereocenters. The lowest BCUT2D eigenvalue weighted by atomic mass is 9.79. The fourth-order valence-corrected chi connectivity index (χ4v) is 3.63. The van der Waals surface area contributed by atoms with Crippen LogP contribution in [0.2, 0.25) is 0 Å². The first-order valence-electron chi connectivity index (χ1n) is 9.71. The first-order valence-corrected chi connectivity index (χ1v) is 9.71. The number of amides is 1. The van der Waals surface area contributed by atoms with Crippen LogP contribution in [-0.4, -0.2) is 44.7 Å². The summed E-state index contributed by atoms with van der Waals surface area (Å²) in [7, 11) is 3.34. The lowest BCUT2D eigenvalue weighted by molar-refractivity contribution is -0.196. The summed E-state index contributed by atoms with van der Waals surface area (Å²) < 4.78 is 39.4. The van der Waals surface area contributed by atoms with Crippen LogP contribution in [0.5, 0.6) is 0 Å². The molecule has 1 aliphatic rings. The number of aromatic nitrogens is 4. The quantitative estimate of drug-likeness (QED) is 0.643. The molecule has 0 bridgehead atoms. The Labute approximate surface area is 175 Å². The van der Waals surface area contributed by atoms with Crippen LogP contribution in [0.15, 0.2) is 35.4 Å². The number of halogens is 3. The largest absolute Gasteiger partial charge is 0.391 e. The molecule has 0 unspecified atom stereocenters. The van der Waals surface area contributed by atoms with Crippen molar-refractivity contribution in [1.29, 1.82) is 0 Å². The smallest absolute Gasteiger partial charge is 0.355 e. The highest BCUT2D eigenvalue weighted by Gasteiger charge is 2.49. The highest BCUT2D eigenvalue weighted by molar-refractivity contribution is 5.97. The van der Waals surface area contributed by atoms with Gasteiger partial charge in [0, 0.05) is 25.7 Å². The molecular weight excluding hydrogens is 413 g/mol. The van der Waals surface area contributed by atoms with E-state index in [4.69, 9.17) is 0 Å². The topological polar surface area (TPSA) is 95.9 Å². The van der Waals surface area contributed by atoms with Crippen molar-refractivity contribution in [2.45, 2.75) is 31.6 Å². The van der Waals surface area contributed by atoms with Gasteiger partial charge < -0.3 is 15.2 Å². The van der Waals surface area contributed by atoms with Crippen molar-refractivity contribution >= 4 is 22.8 Å². The normalized spacial score (nSPS) is 18.6. The average molecular weight is 434 g/mol. The maximum absolute atomic E-state index is 12.7. The zero-order chi connectivity index (χ0) is 22.3. The standard InChI is InChI=1S/C20H21F3N6O2/c1-28(14-6-12(7-14)20(21,22)23)17-10-24-13(8-25-17)9-26-18(30)11-3-4-16-15(5-11)27-19(31)29(16)2/h3-5,8,10,12,14H,6-7,9H2,1-2H3,(H,26,30)(H,27,31)/t12-,14+. The number of rotatable bonds is 5. The Bertz CT molecular complexity index is 1160. The van der Waals surface area contributed by atoms with Crippen LogP contribution in [0.3, 0.4) is 0 Å². The number of nitrogens with one attached hydrogen (secondary N) is 2. The van der Waals surface area contributed by atoms with E-state index in [2.05, 4.69) is 20.3 Å². The molecule has 4 rings (SSSR count). The number of aryl methyl sites for hydroxylation is 1. The first kappa shape index (κ1) is 20.9. The van der Waals surface area contributed by atoms with Gasteiger partial charge in [-0.15, -0.1) is 0 Å². The zero-order valence-electron chi connectivity index (χ0n) is 16.9. The lowest BCUT2D eigenvalue weighted by Gasteiger charge is -2.42. The van der Waals surface area contributed by atoms with E-state index in [0.29, 0.717) is 28.1 Å². The summed E-state index contributed by atoms with van der Waals surface area (Å²) in [6, 6.07) is 4.70. The van der Waals surface area contributed by atoms with Crippen LogP contribution in [0, 0.1) is 5.92 Å². The summed E-state index contributed by atoms with van der Waals surface area (Å²) in [6.07, 6.45) is -1.06. The molecule has 2 N–H and O–H groups in total. The molecular formula is C20H21F3N6O2. The molecule has 2 heterocycles. The summed E-state index contributed by atoms with van der Waals surface area (Å²) in [6.45, 7) is 0.138. The number of hydrogen-bond donors (Lipinski definition) is 2. The second kappa shape index (κ2) is 7.71. The molecule has 11 heteroatoms. The van der Waals surface area contributed by atoms with Gasteiger partial charge in [-0.2, -0.15) is 13.2 Å². The van der Waals surface area contributed by atoms with Gasteiger partial charge in [0.2, 0.25) is 0 Å². The van der Waals surface area contributed by atoms with E-state index in [1.807, 2.05) is 0 Å². The van der Waals surface area contributed by atoms with Crippen molar-refractivity contribution in [2.24, 2.45) is 13.0 Å². The maximum atomic E-state index is 12.7. The van der Waals surface area contributed by atoms with Crippen molar-refractivity contribution in [3.05, 3.63) is 52.3 Å². The van der Waals surface area contributed by atoms with E-state index in [9.17, 15) is 22.8 Å². The highest BCUT2D eigenvalue weighted by Crippen LogP contribution is 2.43. The van der Waals surface area contributed by atoms with E-state index < -0.39 is 12.1 Å². The average Bonchev–Trinajstić information content (AvgIpc) is 2.97. The summed E-state index contributed by atoms with van der Waals surface area (Å²) in [5.74, 6) is -1.10. The zero-order valence-corrected chi connectivity index (χ0v) is 16.9. The van der Waals surface area contributed by atoms with Crippen molar-refractivity contribution in [3.8, 4) is 0 Å². The first-order chi connectivity index (χ1) is 14.6. The Balaban J connectivity index is 1.34. The Morgan fingerprint density at radius 1 is 1.29 bits per heavy atom. The predicted molar refractivity (Wildman–Crippen MR) is 108 cm³/mol. The van der Waals surface area contributed by atoms with Gasteiger partial charge in [0.25, 0.3) is 5.91 Å². The second-order valence-electron chi connectivity index (χ2n) is 7.74. The van der Waals surface area contributed by atoms with Gasteiger partial charge in [0.05, 0.1) is 41.6 Å². The Morgan fingerprint density at radius 3 is 2.68 bits per heavy atom. The van der Waals surface area contributed by atoms with E-state index in [-0.39, 0.29) is 37.0 Å². The van der Waals surface area contributed by atoms with Crippen molar-refractivity contribution < 1.29 is 18.0 Å². The van der Waals surface area contributed by atoms with Gasteiger partial charge in [-0.1, -0.05) is 0 Å². The molecule has 1 amide bonds. The number of benzene rings is 1. The third kappa shape index (κ3) is 4.12. The minimum atomic E-state index is -4.15. The number of anilines is 1. The molecule has 1 fully saturated rings. The molecule has 1 aliphatic carbocycles. The third-order valence-corrected chi connectivity index (χ3v) is 5.77. The summed E-state index contributed by atoms with van der Waals surface area (Å²) in [4.78, 5) is 37.0. The number of imidazole rings is 1. The van der Waals surface area contributed by atoms with Crippen molar-refractivity contribution in [3.63, 3.8) is 0 Å². The van der Waals surface area contributed by atoms with Crippen LogP contribution in [-0.2, 0) is 13.6 Å². The molecule has 0 aliphatic heterocycles. The Kier molecular flexibility index (Phi) is 5.19. The Morgan fingerprint density at radius 2 is 2.03 bits per heavy atom. The second-order valence-corrected chi connectivity index (χ2v) is 7.74. The molecule has 1 aromatic carbocycles. The minimum absolute atomic E-state index is 0.0521. The number of aromatic amines is 1. The highest BCUT2D eigenvalue weighted by atomic mass is 19.4. The summed E-state index contributed by atoms with van der Waals surface area (Å²) in [5, 5.41) is 2.74. The minimum Gasteiger partial charge on any atom is -0.355 e. The van der Waals surface area contributed by atoms with Gasteiger partial charge in [0.1, 0.15) is 5.82 Å². The van der Waals surface area contributed by atoms with Crippen molar-refractivity contribution in [1.82, 2.24) is 24.8 Å². The van der Waals surface area contributed by atoms with Crippen LogP contribution in [0.4, 0.5) is 19.0 Å². The summed E-state index contributed by atoms with van der Waals surface area (Å²) in [5.41, 5.74) is 1.91. The van der Waals surface area contributed by atoms with E-state index >= 15 is 0 Å². The monoisotopic (exact) mass is 434 g/mol. The predicted octanol–water partition coefficient (Wildman–Crippen LogP) is 2.36. The number of alkyl halides is 3. The Hall–Kier alpha value is -3.37. The van der Waals surface area contributed by atoms with Gasteiger partial charge in [-0.25, -0.2) is 9.78 Å².